The Labute approximate surface area is 92.0 Å². The van der Waals surface area contributed by atoms with E-state index in [2.05, 4.69) is 27.0 Å². The van der Waals surface area contributed by atoms with Crippen LogP contribution in [0.15, 0.2) is 24.8 Å². The summed E-state index contributed by atoms with van der Waals surface area (Å²) in [6.45, 7) is 12.0. The van der Waals surface area contributed by atoms with Gasteiger partial charge >= 0.3 is 5.97 Å². The van der Waals surface area contributed by atoms with Crippen LogP contribution in [0.3, 0.4) is 0 Å². The van der Waals surface area contributed by atoms with Gasteiger partial charge in [0.1, 0.15) is 6.61 Å². The lowest BCUT2D eigenvalue weighted by Gasteiger charge is -2.38. The van der Waals surface area contributed by atoms with Gasteiger partial charge in [-0.1, -0.05) is 38.7 Å². The standard InChI is InChI=1S/C13H20O2/c1-5-9-15-12(14)11-10(2)7-6-8-13(11,3)4/h5,11H,1-2,6-9H2,3-4H3. The van der Waals surface area contributed by atoms with Crippen LogP contribution in [0.5, 0.6) is 0 Å². The molecular formula is C13H20O2. The second kappa shape index (κ2) is 4.65. The molecule has 0 spiro atoms. The molecule has 0 heterocycles. The summed E-state index contributed by atoms with van der Waals surface area (Å²) in [6, 6.07) is 0. The Kier molecular flexibility index (Phi) is 3.72. The Morgan fingerprint density at radius 2 is 2.33 bits per heavy atom. The fraction of sp³-hybridized carbons (Fsp3) is 0.615. The van der Waals surface area contributed by atoms with Crippen molar-refractivity contribution in [1.82, 2.24) is 0 Å². The van der Waals surface area contributed by atoms with Crippen LogP contribution >= 0.6 is 0 Å². The summed E-state index contributed by atoms with van der Waals surface area (Å²) < 4.78 is 5.12. The zero-order chi connectivity index (χ0) is 11.5. The van der Waals surface area contributed by atoms with Crippen molar-refractivity contribution in [3.63, 3.8) is 0 Å². The Morgan fingerprint density at radius 3 is 2.87 bits per heavy atom. The van der Waals surface area contributed by atoms with E-state index >= 15 is 0 Å². The highest BCUT2D eigenvalue weighted by Gasteiger charge is 2.40. The molecule has 0 radical (unpaired) electrons. The maximum atomic E-state index is 11.9. The van der Waals surface area contributed by atoms with Crippen LogP contribution in [0, 0.1) is 11.3 Å². The summed E-state index contributed by atoms with van der Waals surface area (Å²) in [6.07, 6.45) is 4.71. The topological polar surface area (TPSA) is 26.3 Å². The predicted octanol–water partition coefficient (Wildman–Crippen LogP) is 3.10. The van der Waals surface area contributed by atoms with E-state index in [1.807, 2.05) is 0 Å². The molecule has 1 aliphatic carbocycles. The minimum absolute atomic E-state index is 0.0203. The molecule has 0 aromatic carbocycles. The van der Waals surface area contributed by atoms with Crippen LogP contribution in [0.25, 0.3) is 0 Å². The molecule has 84 valence electrons. The van der Waals surface area contributed by atoms with Crippen molar-refractivity contribution in [3.05, 3.63) is 24.8 Å². The van der Waals surface area contributed by atoms with Crippen molar-refractivity contribution in [3.8, 4) is 0 Å². The SMILES string of the molecule is C=CCOC(=O)C1C(=C)CCCC1(C)C. The van der Waals surface area contributed by atoms with E-state index in [1.54, 1.807) is 6.08 Å². The average molecular weight is 208 g/mol. The summed E-state index contributed by atoms with van der Waals surface area (Å²) in [5, 5.41) is 0. The molecule has 0 aromatic heterocycles. The number of hydrogen-bond acceptors (Lipinski definition) is 2. The summed E-state index contributed by atoms with van der Waals surface area (Å²) in [7, 11) is 0. The van der Waals surface area contributed by atoms with Crippen LogP contribution < -0.4 is 0 Å². The molecule has 0 aliphatic heterocycles. The molecule has 1 unspecified atom stereocenters. The Morgan fingerprint density at radius 1 is 1.67 bits per heavy atom. The highest BCUT2D eigenvalue weighted by molar-refractivity contribution is 5.77. The first kappa shape index (κ1) is 12.0. The van der Waals surface area contributed by atoms with Gasteiger partial charge in [-0.2, -0.15) is 0 Å². The molecule has 0 saturated heterocycles. The third-order valence-electron chi connectivity index (χ3n) is 3.09. The number of rotatable bonds is 3. The van der Waals surface area contributed by atoms with Crippen molar-refractivity contribution in [2.24, 2.45) is 11.3 Å². The van der Waals surface area contributed by atoms with Crippen molar-refractivity contribution >= 4 is 5.97 Å². The first-order valence-corrected chi connectivity index (χ1v) is 5.44. The molecule has 15 heavy (non-hydrogen) atoms. The molecule has 1 saturated carbocycles. The van der Waals surface area contributed by atoms with Gasteiger partial charge in [0.2, 0.25) is 0 Å². The Bertz CT molecular complexity index is 276. The number of ether oxygens (including phenoxy) is 1. The quantitative estimate of drug-likeness (QED) is 0.526. The third-order valence-corrected chi connectivity index (χ3v) is 3.09. The number of esters is 1. The molecule has 1 atom stereocenters. The Balaban J connectivity index is 2.74. The summed E-state index contributed by atoms with van der Waals surface area (Å²) >= 11 is 0. The largest absolute Gasteiger partial charge is 0.461 e. The third kappa shape index (κ3) is 2.71. The van der Waals surface area contributed by atoms with Gasteiger partial charge in [0.05, 0.1) is 5.92 Å². The second-order valence-electron chi connectivity index (χ2n) is 4.85. The van der Waals surface area contributed by atoms with E-state index in [0.29, 0.717) is 6.61 Å². The summed E-state index contributed by atoms with van der Waals surface area (Å²) in [5.74, 6) is -0.296. The van der Waals surface area contributed by atoms with Gasteiger partial charge in [0.15, 0.2) is 0 Å². The van der Waals surface area contributed by atoms with Crippen LogP contribution in [-0.4, -0.2) is 12.6 Å². The maximum absolute atomic E-state index is 11.9. The van der Waals surface area contributed by atoms with Crippen LogP contribution in [0.1, 0.15) is 33.1 Å². The molecule has 1 fully saturated rings. The lowest BCUT2D eigenvalue weighted by molar-refractivity contribution is -0.150. The molecular weight excluding hydrogens is 188 g/mol. The van der Waals surface area contributed by atoms with E-state index in [9.17, 15) is 4.79 Å². The average Bonchev–Trinajstić information content (AvgIpc) is 2.13. The highest BCUT2D eigenvalue weighted by Crippen LogP contribution is 2.43. The monoisotopic (exact) mass is 208 g/mol. The highest BCUT2D eigenvalue weighted by atomic mass is 16.5. The minimum Gasteiger partial charge on any atom is -0.461 e. The van der Waals surface area contributed by atoms with Gasteiger partial charge in [-0.15, -0.1) is 0 Å². The van der Waals surface area contributed by atoms with Crippen molar-refractivity contribution in [1.29, 1.82) is 0 Å². The van der Waals surface area contributed by atoms with E-state index in [1.165, 1.54) is 0 Å². The summed E-state index contributed by atoms with van der Waals surface area (Å²) in [5.41, 5.74) is 0.994. The first-order chi connectivity index (χ1) is 6.99. The predicted molar refractivity (Wildman–Crippen MR) is 61.4 cm³/mol. The smallest absolute Gasteiger partial charge is 0.313 e. The number of carbonyl (C=O) groups excluding carboxylic acids is 1. The molecule has 0 bridgehead atoms. The van der Waals surface area contributed by atoms with Gasteiger partial charge in [0, 0.05) is 0 Å². The molecule has 0 aromatic rings. The number of carbonyl (C=O) groups is 1. The van der Waals surface area contributed by atoms with Gasteiger partial charge < -0.3 is 4.74 Å². The maximum Gasteiger partial charge on any atom is 0.313 e. The van der Waals surface area contributed by atoms with E-state index in [4.69, 9.17) is 4.74 Å². The van der Waals surface area contributed by atoms with Crippen LogP contribution in [0.2, 0.25) is 0 Å². The lowest BCUT2D eigenvalue weighted by atomic mass is 9.67. The fourth-order valence-corrected chi connectivity index (χ4v) is 2.32. The van der Waals surface area contributed by atoms with Crippen molar-refractivity contribution in [2.45, 2.75) is 33.1 Å². The van der Waals surface area contributed by atoms with E-state index < -0.39 is 0 Å². The van der Waals surface area contributed by atoms with Crippen LogP contribution in [0.4, 0.5) is 0 Å². The van der Waals surface area contributed by atoms with Gasteiger partial charge in [-0.05, 0) is 24.7 Å². The minimum atomic E-state index is -0.149. The van der Waals surface area contributed by atoms with Gasteiger partial charge in [0.25, 0.3) is 0 Å². The molecule has 2 heteroatoms. The van der Waals surface area contributed by atoms with Gasteiger partial charge in [-0.3, -0.25) is 4.79 Å². The molecule has 1 rings (SSSR count). The Hall–Kier alpha value is -1.05. The second-order valence-corrected chi connectivity index (χ2v) is 4.85. The lowest BCUT2D eigenvalue weighted by Crippen LogP contribution is -2.36. The summed E-state index contributed by atoms with van der Waals surface area (Å²) in [4.78, 5) is 11.9. The normalized spacial score (nSPS) is 24.7. The molecule has 0 N–H and O–H groups in total. The first-order valence-electron chi connectivity index (χ1n) is 5.44. The van der Waals surface area contributed by atoms with Gasteiger partial charge in [-0.25, -0.2) is 0 Å². The van der Waals surface area contributed by atoms with Crippen molar-refractivity contribution < 1.29 is 9.53 Å². The molecule has 0 amide bonds. The molecule has 1 aliphatic rings. The zero-order valence-corrected chi connectivity index (χ0v) is 9.71. The van der Waals surface area contributed by atoms with Crippen molar-refractivity contribution in [2.75, 3.05) is 6.61 Å². The fourth-order valence-electron chi connectivity index (χ4n) is 2.32. The van der Waals surface area contributed by atoms with E-state index in [0.717, 1.165) is 24.8 Å². The molecule has 2 nitrogen and oxygen atoms in total. The zero-order valence-electron chi connectivity index (χ0n) is 9.71. The van der Waals surface area contributed by atoms with E-state index in [-0.39, 0.29) is 17.3 Å². The van der Waals surface area contributed by atoms with Crippen LogP contribution in [-0.2, 0) is 9.53 Å². The number of hydrogen-bond donors (Lipinski definition) is 0.